The number of ether oxygens (including phenoxy) is 2. The van der Waals surface area contributed by atoms with E-state index in [4.69, 9.17) is 21.1 Å². The van der Waals surface area contributed by atoms with E-state index in [9.17, 15) is 9.18 Å². The zero-order valence-electron chi connectivity index (χ0n) is 18.9. The number of fused-ring (bicyclic) bond motifs is 3. The Labute approximate surface area is 206 Å². The molecular weight excluding hydrogens is 477 g/mol. The minimum Gasteiger partial charge on any atom is -0.496 e. The quantitative estimate of drug-likeness (QED) is 0.476. The highest BCUT2D eigenvalue weighted by Gasteiger charge is 2.33. The molecule has 1 amide bonds. The highest BCUT2D eigenvalue weighted by molar-refractivity contribution is 7.16. The van der Waals surface area contributed by atoms with Crippen LogP contribution in [0.3, 0.4) is 0 Å². The fourth-order valence-electron chi connectivity index (χ4n) is 4.42. The number of hydrogen-bond donors (Lipinski definition) is 2. The zero-order valence-corrected chi connectivity index (χ0v) is 20.5. The first-order valence-corrected chi connectivity index (χ1v) is 12.3. The Hall–Kier alpha value is -2.81. The van der Waals surface area contributed by atoms with Gasteiger partial charge in [-0.15, -0.1) is 11.3 Å². The maximum absolute atomic E-state index is 13.4. The molecule has 3 heterocycles. The van der Waals surface area contributed by atoms with Crippen LogP contribution in [-0.2, 0) is 19.6 Å². The number of likely N-dealkylation sites (N-methyl/N-ethyl adjacent to an activating group) is 1. The van der Waals surface area contributed by atoms with Crippen molar-refractivity contribution in [3.63, 3.8) is 0 Å². The molecule has 0 bridgehead atoms. The molecule has 178 valence electrons. The summed E-state index contributed by atoms with van der Waals surface area (Å²) in [7, 11) is 1.59. The van der Waals surface area contributed by atoms with E-state index < -0.39 is 5.82 Å². The third kappa shape index (κ3) is 4.33. The summed E-state index contributed by atoms with van der Waals surface area (Å²) in [5.74, 6) is 0.574. The molecule has 1 atom stereocenters. The number of amides is 1. The van der Waals surface area contributed by atoms with E-state index in [1.165, 1.54) is 28.6 Å². The van der Waals surface area contributed by atoms with Gasteiger partial charge in [0.1, 0.15) is 35.1 Å². The normalized spacial score (nSPS) is 17.4. The molecule has 9 heteroatoms. The third-order valence-electron chi connectivity index (χ3n) is 6.28. The van der Waals surface area contributed by atoms with Gasteiger partial charge in [0.25, 0.3) is 5.91 Å². The Morgan fingerprint density at radius 2 is 2.09 bits per heavy atom. The van der Waals surface area contributed by atoms with Crippen molar-refractivity contribution in [3.05, 3.63) is 74.4 Å². The molecule has 0 spiro atoms. The SMILES string of the molecule is CCN1CCc2c(sc3c2C(=O)N[C@@H](c2ccc(OC)c(COc4ccc(F)c(Cl)c4)c2)N3)C1. The van der Waals surface area contributed by atoms with Gasteiger partial charge in [0.05, 0.1) is 17.7 Å². The molecular formula is C25H25ClFN3O3S. The van der Waals surface area contributed by atoms with Crippen molar-refractivity contribution in [1.29, 1.82) is 0 Å². The molecule has 2 aromatic carbocycles. The molecule has 2 aliphatic heterocycles. The fourth-order valence-corrected chi connectivity index (χ4v) is 5.91. The molecule has 0 fully saturated rings. The largest absolute Gasteiger partial charge is 0.496 e. The second-order valence-electron chi connectivity index (χ2n) is 8.31. The van der Waals surface area contributed by atoms with Crippen LogP contribution in [0.1, 0.15) is 45.0 Å². The summed E-state index contributed by atoms with van der Waals surface area (Å²) < 4.78 is 24.8. The highest BCUT2D eigenvalue weighted by Crippen LogP contribution is 2.41. The van der Waals surface area contributed by atoms with Crippen LogP contribution in [0.4, 0.5) is 9.39 Å². The molecule has 0 saturated heterocycles. The van der Waals surface area contributed by atoms with Crippen molar-refractivity contribution in [2.75, 3.05) is 25.5 Å². The van der Waals surface area contributed by atoms with Gasteiger partial charge in [-0.3, -0.25) is 9.69 Å². The van der Waals surface area contributed by atoms with Crippen molar-refractivity contribution in [1.82, 2.24) is 10.2 Å². The van der Waals surface area contributed by atoms with Gasteiger partial charge in [-0.05, 0) is 48.4 Å². The zero-order chi connectivity index (χ0) is 23.8. The van der Waals surface area contributed by atoms with Crippen LogP contribution in [-0.4, -0.2) is 31.0 Å². The molecule has 6 nitrogen and oxygen atoms in total. The van der Waals surface area contributed by atoms with Gasteiger partial charge >= 0.3 is 0 Å². The van der Waals surface area contributed by atoms with Gasteiger partial charge in [-0.2, -0.15) is 0 Å². The van der Waals surface area contributed by atoms with Crippen molar-refractivity contribution in [2.45, 2.75) is 32.7 Å². The number of nitrogens with one attached hydrogen (secondary N) is 2. The molecule has 0 saturated carbocycles. The summed E-state index contributed by atoms with van der Waals surface area (Å²) in [5.41, 5.74) is 3.65. The lowest BCUT2D eigenvalue weighted by Crippen LogP contribution is -2.39. The van der Waals surface area contributed by atoms with Crippen molar-refractivity contribution in [2.24, 2.45) is 0 Å². The molecule has 1 aromatic heterocycles. The van der Waals surface area contributed by atoms with Crippen LogP contribution in [0.2, 0.25) is 5.02 Å². The monoisotopic (exact) mass is 501 g/mol. The molecule has 0 radical (unpaired) electrons. The van der Waals surface area contributed by atoms with Gasteiger partial charge in [-0.1, -0.05) is 24.6 Å². The summed E-state index contributed by atoms with van der Waals surface area (Å²) in [5, 5.41) is 7.54. The Bertz CT molecular complexity index is 1250. The van der Waals surface area contributed by atoms with E-state index in [1.54, 1.807) is 18.4 Å². The number of hydrogen-bond acceptors (Lipinski definition) is 6. The number of halogens is 2. The summed E-state index contributed by atoms with van der Waals surface area (Å²) in [6, 6.07) is 9.96. The summed E-state index contributed by atoms with van der Waals surface area (Å²) in [4.78, 5) is 16.7. The second kappa shape index (κ2) is 9.44. The Kier molecular flexibility index (Phi) is 6.38. The molecule has 2 N–H and O–H groups in total. The number of methoxy groups -OCH3 is 1. The predicted octanol–water partition coefficient (Wildman–Crippen LogP) is 5.36. The number of thiophene rings is 1. The highest BCUT2D eigenvalue weighted by atomic mass is 35.5. The van der Waals surface area contributed by atoms with E-state index in [-0.39, 0.29) is 23.7 Å². The summed E-state index contributed by atoms with van der Waals surface area (Å²) >= 11 is 7.53. The average molecular weight is 502 g/mol. The van der Waals surface area contributed by atoms with Gasteiger partial charge in [0.2, 0.25) is 0 Å². The van der Waals surface area contributed by atoms with Crippen LogP contribution < -0.4 is 20.1 Å². The number of carbonyl (C=O) groups excluding carboxylic acids is 1. The van der Waals surface area contributed by atoms with Crippen LogP contribution >= 0.6 is 22.9 Å². The minimum absolute atomic E-state index is 0.00356. The van der Waals surface area contributed by atoms with E-state index >= 15 is 0 Å². The first-order valence-electron chi connectivity index (χ1n) is 11.2. The van der Waals surface area contributed by atoms with E-state index in [0.29, 0.717) is 11.5 Å². The number of nitrogens with zero attached hydrogens (tertiary/aromatic N) is 1. The Morgan fingerprint density at radius 1 is 1.24 bits per heavy atom. The topological polar surface area (TPSA) is 62.8 Å². The summed E-state index contributed by atoms with van der Waals surface area (Å²) in [6.45, 7) is 5.23. The van der Waals surface area contributed by atoms with Crippen LogP contribution in [0.25, 0.3) is 0 Å². The lowest BCUT2D eigenvalue weighted by atomic mass is 10.00. The Balaban J connectivity index is 1.37. The van der Waals surface area contributed by atoms with Gasteiger partial charge in [-0.25, -0.2) is 4.39 Å². The van der Waals surface area contributed by atoms with Crippen LogP contribution in [0.5, 0.6) is 11.5 Å². The number of benzene rings is 2. The summed E-state index contributed by atoms with van der Waals surface area (Å²) in [6.07, 6.45) is 0.527. The van der Waals surface area contributed by atoms with Gasteiger partial charge < -0.3 is 20.1 Å². The molecule has 0 aliphatic carbocycles. The van der Waals surface area contributed by atoms with E-state index in [1.807, 2.05) is 18.2 Å². The molecule has 34 heavy (non-hydrogen) atoms. The number of anilines is 1. The second-order valence-corrected chi connectivity index (χ2v) is 9.83. The van der Waals surface area contributed by atoms with Crippen molar-refractivity contribution < 1.29 is 18.7 Å². The maximum Gasteiger partial charge on any atom is 0.256 e. The molecule has 3 aromatic rings. The molecule has 0 unspecified atom stereocenters. The first kappa shape index (κ1) is 23.0. The van der Waals surface area contributed by atoms with E-state index in [0.717, 1.165) is 47.7 Å². The maximum atomic E-state index is 13.4. The lowest BCUT2D eigenvalue weighted by Gasteiger charge is -2.28. The standard InChI is InChI=1S/C25H25ClFN3O3S/c1-3-30-9-8-17-21(12-30)34-25-22(17)24(31)28-23(29-25)14-4-7-20(32-2)15(10-14)13-33-16-5-6-19(27)18(26)11-16/h4-7,10-11,23,29H,3,8-9,12-13H2,1-2H3,(H,28,31)/t23-/m1/s1. The van der Waals surface area contributed by atoms with Crippen molar-refractivity contribution in [3.8, 4) is 11.5 Å². The van der Waals surface area contributed by atoms with Crippen molar-refractivity contribution >= 4 is 33.8 Å². The van der Waals surface area contributed by atoms with Gasteiger partial charge in [0, 0.05) is 29.6 Å². The van der Waals surface area contributed by atoms with Crippen LogP contribution in [0, 0.1) is 5.82 Å². The predicted molar refractivity (Wildman–Crippen MR) is 132 cm³/mol. The molecule has 2 aliphatic rings. The number of carbonyl (C=O) groups is 1. The van der Waals surface area contributed by atoms with Gasteiger partial charge in [0.15, 0.2) is 0 Å². The smallest absolute Gasteiger partial charge is 0.256 e. The minimum atomic E-state index is -0.496. The van der Waals surface area contributed by atoms with E-state index in [2.05, 4.69) is 22.5 Å². The lowest BCUT2D eigenvalue weighted by molar-refractivity contribution is 0.0934. The average Bonchev–Trinajstić information content (AvgIpc) is 3.22. The third-order valence-corrected chi connectivity index (χ3v) is 7.72. The Morgan fingerprint density at radius 3 is 2.85 bits per heavy atom. The van der Waals surface area contributed by atoms with Crippen LogP contribution in [0.15, 0.2) is 36.4 Å². The number of rotatable bonds is 6. The molecule has 5 rings (SSSR count). The fraction of sp³-hybridized carbons (Fsp3) is 0.320. The first-order chi connectivity index (χ1) is 16.5.